The van der Waals surface area contributed by atoms with E-state index in [1.165, 1.54) is 0 Å². The highest BCUT2D eigenvalue weighted by atomic mass is 14.3. The first-order valence-electron chi connectivity index (χ1n) is 3.79. The van der Waals surface area contributed by atoms with Crippen LogP contribution >= 0.6 is 0 Å². The van der Waals surface area contributed by atoms with Crippen molar-refractivity contribution in [3.05, 3.63) is 41.5 Å². The van der Waals surface area contributed by atoms with E-state index in [0.29, 0.717) is 16.7 Å². The Hall–Kier alpha value is -2.06. The maximum atomic E-state index is 8.84. The topological polar surface area (TPSA) is 47.6 Å². The number of nitriles is 2. The Balaban J connectivity index is 3.41. The molecule has 13 heavy (non-hydrogen) atoms. The molecular weight excluding hydrogens is 160 g/mol. The summed E-state index contributed by atoms with van der Waals surface area (Å²) < 4.78 is 0. The summed E-state index contributed by atoms with van der Waals surface area (Å²) >= 11 is 0. The molecule has 0 saturated heterocycles. The molecule has 0 spiro atoms. The van der Waals surface area contributed by atoms with E-state index in [1.807, 2.05) is 25.1 Å². The number of hydrogen-bond acceptors (Lipinski definition) is 2. The van der Waals surface area contributed by atoms with E-state index < -0.39 is 0 Å². The maximum absolute atomic E-state index is 8.84. The van der Waals surface area contributed by atoms with Gasteiger partial charge in [0.15, 0.2) is 0 Å². The van der Waals surface area contributed by atoms with Crippen LogP contribution < -0.4 is 0 Å². The van der Waals surface area contributed by atoms with Crippen molar-refractivity contribution in [2.45, 2.75) is 6.92 Å². The van der Waals surface area contributed by atoms with Crippen LogP contribution in [0.1, 0.15) is 16.7 Å². The number of aryl methyl sites for hydroxylation is 1. The van der Waals surface area contributed by atoms with Crippen LogP contribution in [-0.2, 0) is 0 Å². The molecule has 0 aliphatic carbocycles. The molecule has 0 unspecified atom stereocenters. The molecule has 0 heterocycles. The van der Waals surface area contributed by atoms with E-state index in [2.05, 4.69) is 12.6 Å². The third-order valence-corrected chi connectivity index (χ3v) is 1.84. The number of benzene rings is 1. The third kappa shape index (κ3) is 1.58. The van der Waals surface area contributed by atoms with E-state index in [0.717, 1.165) is 5.56 Å². The highest BCUT2D eigenvalue weighted by molar-refractivity contribution is 5.78. The van der Waals surface area contributed by atoms with Gasteiger partial charge in [-0.2, -0.15) is 10.5 Å². The Morgan fingerprint density at radius 2 is 2.08 bits per heavy atom. The molecule has 1 rings (SSSR count). The van der Waals surface area contributed by atoms with Crippen molar-refractivity contribution in [2.75, 3.05) is 0 Å². The summed E-state index contributed by atoms with van der Waals surface area (Å²) in [5.74, 6) is 0. The number of rotatable bonds is 1. The van der Waals surface area contributed by atoms with Gasteiger partial charge < -0.3 is 0 Å². The highest BCUT2D eigenvalue weighted by Crippen LogP contribution is 2.19. The van der Waals surface area contributed by atoms with Crippen LogP contribution in [0.25, 0.3) is 5.57 Å². The fourth-order valence-electron chi connectivity index (χ4n) is 1.13. The minimum atomic E-state index is 0.334. The second kappa shape index (κ2) is 3.56. The van der Waals surface area contributed by atoms with Crippen molar-refractivity contribution < 1.29 is 0 Å². The number of nitrogens with zero attached hydrogens (tertiary/aromatic N) is 2. The quantitative estimate of drug-likeness (QED) is 0.604. The van der Waals surface area contributed by atoms with Gasteiger partial charge in [0.05, 0.1) is 17.2 Å². The van der Waals surface area contributed by atoms with Crippen LogP contribution in [0.15, 0.2) is 24.8 Å². The lowest BCUT2D eigenvalue weighted by atomic mass is 9.98. The molecule has 0 aliphatic rings. The van der Waals surface area contributed by atoms with Crippen LogP contribution in [0.3, 0.4) is 0 Å². The van der Waals surface area contributed by atoms with Gasteiger partial charge in [0.1, 0.15) is 6.07 Å². The zero-order valence-corrected chi connectivity index (χ0v) is 7.33. The van der Waals surface area contributed by atoms with Gasteiger partial charge in [0, 0.05) is 5.56 Å². The summed E-state index contributed by atoms with van der Waals surface area (Å²) in [7, 11) is 0. The predicted molar refractivity (Wildman–Crippen MR) is 50.5 cm³/mol. The van der Waals surface area contributed by atoms with Crippen LogP contribution in [0, 0.1) is 29.6 Å². The Bertz CT molecular complexity index is 430. The smallest absolute Gasteiger partial charge is 0.100 e. The molecular formula is C11H8N2. The molecule has 0 fully saturated rings. The van der Waals surface area contributed by atoms with Gasteiger partial charge in [-0.25, -0.2) is 0 Å². The predicted octanol–water partition coefficient (Wildman–Crippen LogP) is 2.40. The lowest BCUT2D eigenvalue weighted by Gasteiger charge is -2.02. The third-order valence-electron chi connectivity index (χ3n) is 1.84. The van der Waals surface area contributed by atoms with Gasteiger partial charge >= 0.3 is 0 Å². The Labute approximate surface area is 77.4 Å². The van der Waals surface area contributed by atoms with Crippen LogP contribution in [-0.4, -0.2) is 0 Å². The normalized spacial score (nSPS) is 8.54. The van der Waals surface area contributed by atoms with Gasteiger partial charge in [-0.15, -0.1) is 0 Å². The van der Waals surface area contributed by atoms with Crippen LogP contribution in [0.4, 0.5) is 0 Å². The zero-order valence-electron chi connectivity index (χ0n) is 7.33. The molecule has 2 nitrogen and oxygen atoms in total. The zero-order chi connectivity index (χ0) is 9.84. The average molecular weight is 168 g/mol. The minimum absolute atomic E-state index is 0.334. The number of allylic oxidation sites excluding steroid dienone is 1. The van der Waals surface area contributed by atoms with Gasteiger partial charge in [0.2, 0.25) is 0 Å². The van der Waals surface area contributed by atoms with Crippen LogP contribution in [0.5, 0.6) is 0 Å². The first kappa shape index (κ1) is 9.03. The molecule has 1 aromatic carbocycles. The second-order valence-electron chi connectivity index (χ2n) is 2.70. The standard InChI is InChI=1S/C11H8N2/c1-8-4-3-5-10(9(2)6-12)11(8)7-13/h3-5H,2H2,1H3. The fraction of sp³-hybridized carbons (Fsp3) is 0.0909. The van der Waals surface area contributed by atoms with E-state index in [4.69, 9.17) is 10.5 Å². The summed E-state index contributed by atoms with van der Waals surface area (Å²) in [5.41, 5.74) is 2.37. The molecule has 0 atom stereocenters. The van der Waals surface area contributed by atoms with Gasteiger partial charge in [-0.05, 0) is 12.5 Å². The Morgan fingerprint density at radius 3 is 2.62 bits per heavy atom. The van der Waals surface area contributed by atoms with E-state index in [9.17, 15) is 0 Å². The summed E-state index contributed by atoms with van der Waals surface area (Å²) in [6.07, 6.45) is 0. The Morgan fingerprint density at radius 1 is 1.38 bits per heavy atom. The molecule has 62 valence electrons. The molecule has 2 heteroatoms. The molecule has 0 aromatic heterocycles. The molecule has 0 N–H and O–H groups in total. The molecule has 0 aliphatic heterocycles. The molecule has 0 saturated carbocycles. The van der Waals surface area contributed by atoms with Gasteiger partial charge in [0.25, 0.3) is 0 Å². The summed E-state index contributed by atoms with van der Waals surface area (Å²) in [6.45, 7) is 5.42. The van der Waals surface area contributed by atoms with Crippen molar-refractivity contribution >= 4 is 5.57 Å². The van der Waals surface area contributed by atoms with Crippen molar-refractivity contribution in [1.29, 1.82) is 10.5 Å². The molecule has 1 aromatic rings. The van der Waals surface area contributed by atoms with Crippen molar-refractivity contribution in [3.8, 4) is 12.1 Å². The van der Waals surface area contributed by atoms with Crippen LogP contribution in [0.2, 0.25) is 0 Å². The maximum Gasteiger partial charge on any atom is 0.100 e. The largest absolute Gasteiger partial charge is 0.192 e. The summed E-state index contributed by atoms with van der Waals surface area (Å²) in [4.78, 5) is 0. The van der Waals surface area contributed by atoms with E-state index in [1.54, 1.807) is 6.07 Å². The molecule has 0 amide bonds. The first-order valence-corrected chi connectivity index (χ1v) is 3.79. The van der Waals surface area contributed by atoms with E-state index in [-0.39, 0.29) is 0 Å². The minimum Gasteiger partial charge on any atom is -0.192 e. The first-order chi connectivity index (χ1) is 6.20. The van der Waals surface area contributed by atoms with Gasteiger partial charge in [-0.3, -0.25) is 0 Å². The lowest BCUT2D eigenvalue weighted by molar-refractivity contribution is 1.37. The van der Waals surface area contributed by atoms with Crippen molar-refractivity contribution in [2.24, 2.45) is 0 Å². The average Bonchev–Trinajstić information content (AvgIpc) is 2.16. The summed E-state index contributed by atoms with van der Waals surface area (Å²) in [6, 6.07) is 9.39. The van der Waals surface area contributed by atoms with Crippen molar-refractivity contribution in [3.63, 3.8) is 0 Å². The Kier molecular flexibility index (Phi) is 2.47. The SMILES string of the molecule is C=C(C#N)c1cccc(C)c1C#N. The highest BCUT2D eigenvalue weighted by Gasteiger charge is 2.06. The van der Waals surface area contributed by atoms with Gasteiger partial charge in [-0.1, -0.05) is 24.8 Å². The van der Waals surface area contributed by atoms with E-state index >= 15 is 0 Å². The summed E-state index contributed by atoms with van der Waals surface area (Å²) in [5, 5.41) is 17.5. The number of hydrogen-bond donors (Lipinski definition) is 0. The second-order valence-corrected chi connectivity index (χ2v) is 2.70. The van der Waals surface area contributed by atoms with Crippen molar-refractivity contribution in [1.82, 2.24) is 0 Å². The monoisotopic (exact) mass is 168 g/mol. The molecule has 0 bridgehead atoms. The fourth-order valence-corrected chi connectivity index (χ4v) is 1.13. The molecule has 0 radical (unpaired) electrons. The lowest BCUT2D eigenvalue weighted by Crippen LogP contribution is -1.90.